The normalized spacial score (nSPS) is 21.8. The Balaban J connectivity index is 2.14. The fourth-order valence-electron chi connectivity index (χ4n) is 2.58. The highest BCUT2D eigenvalue weighted by molar-refractivity contribution is 5.23. The minimum atomic E-state index is -0.908. The summed E-state index contributed by atoms with van der Waals surface area (Å²) in [5.41, 5.74) is -0.154. The van der Waals surface area contributed by atoms with Crippen LogP contribution in [0.5, 0.6) is 0 Å². The van der Waals surface area contributed by atoms with E-state index in [2.05, 4.69) is 0 Å². The number of halogens is 1. The molecule has 1 aromatic carbocycles. The van der Waals surface area contributed by atoms with Crippen LogP contribution in [-0.4, -0.2) is 25.1 Å². The van der Waals surface area contributed by atoms with Gasteiger partial charge in [0.15, 0.2) is 5.79 Å². The van der Waals surface area contributed by atoms with E-state index in [1.807, 2.05) is 0 Å². The van der Waals surface area contributed by atoms with Crippen molar-refractivity contribution >= 4 is 0 Å². The quantitative estimate of drug-likeness (QED) is 0.843. The van der Waals surface area contributed by atoms with Crippen LogP contribution >= 0.6 is 0 Å². The van der Waals surface area contributed by atoms with Crippen LogP contribution in [0.4, 0.5) is 4.39 Å². The Morgan fingerprint density at radius 3 is 1.94 bits per heavy atom. The van der Waals surface area contributed by atoms with Crippen molar-refractivity contribution in [2.45, 2.75) is 37.1 Å². The van der Waals surface area contributed by atoms with Gasteiger partial charge in [-0.1, -0.05) is 12.1 Å². The molecule has 0 aromatic heterocycles. The predicted octanol–water partition coefficient (Wildman–Crippen LogP) is 2.58. The van der Waals surface area contributed by atoms with Gasteiger partial charge in [-0.05, 0) is 30.5 Å². The Labute approximate surface area is 107 Å². The van der Waals surface area contributed by atoms with Crippen LogP contribution in [0.1, 0.15) is 31.2 Å². The van der Waals surface area contributed by atoms with Crippen LogP contribution < -0.4 is 0 Å². The van der Waals surface area contributed by atoms with E-state index in [0.29, 0.717) is 25.7 Å². The molecule has 0 bridgehead atoms. The summed E-state index contributed by atoms with van der Waals surface area (Å²) in [6.07, 6.45) is 2.32. The molecular formula is C14H19FO3. The summed E-state index contributed by atoms with van der Waals surface area (Å²) in [4.78, 5) is 0. The van der Waals surface area contributed by atoms with Gasteiger partial charge in [0.2, 0.25) is 0 Å². The molecule has 0 amide bonds. The first kappa shape index (κ1) is 13.5. The first-order valence-electron chi connectivity index (χ1n) is 6.12. The molecule has 1 N–H and O–H groups in total. The summed E-state index contributed by atoms with van der Waals surface area (Å²) in [5.74, 6) is -0.881. The van der Waals surface area contributed by atoms with Crippen LogP contribution in [0.2, 0.25) is 0 Å². The minimum absolute atomic E-state index is 0.290. The van der Waals surface area contributed by atoms with Crippen molar-refractivity contribution in [1.82, 2.24) is 0 Å². The van der Waals surface area contributed by atoms with E-state index < -0.39 is 11.4 Å². The molecule has 0 heterocycles. The Bertz CT molecular complexity index is 388. The van der Waals surface area contributed by atoms with Crippen LogP contribution in [-0.2, 0) is 15.1 Å². The smallest absolute Gasteiger partial charge is 0.167 e. The molecule has 1 fully saturated rings. The van der Waals surface area contributed by atoms with Crippen LogP contribution in [0.3, 0.4) is 0 Å². The number of benzene rings is 1. The van der Waals surface area contributed by atoms with E-state index in [1.54, 1.807) is 26.4 Å². The van der Waals surface area contributed by atoms with Crippen molar-refractivity contribution in [3.63, 3.8) is 0 Å². The van der Waals surface area contributed by atoms with Gasteiger partial charge in [-0.25, -0.2) is 4.39 Å². The molecule has 0 spiro atoms. The highest BCUT2D eigenvalue weighted by Gasteiger charge is 2.43. The van der Waals surface area contributed by atoms with Crippen molar-refractivity contribution in [3.8, 4) is 0 Å². The second kappa shape index (κ2) is 4.96. The van der Waals surface area contributed by atoms with Crippen molar-refractivity contribution in [2.24, 2.45) is 0 Å². The second-order valence-corrected chi connectivity index (χ2v) is 4.86. The first-order chi connectivity index (χ1) is 8.53. The molecule has 18 heavy (non-hydrogen) atoms. The Kier molecular flexibility index (Phi) is 3.71. The lowest BCUT2D eigenvalue weighted by atomic mass is 9.77. The summed E-state index contributed by atoms with van der Waals surface area (Å²) < 4.78 is 23.7. The molecule has 1 saturated carbocycles. The van der Waals surface area contributed by atoms with E-state index in [0.717, 1.165) is 5.56 Å². The van der Waals surface area contributed by atoms with E-state index in [9.17, 15) is 9.50 Å². The van der Waals surface area contributed by atoms with Gasteiger partial charge in [0, 0.05) is 27.1 Å². The zero-order chi connectivity index (χ0) is 13.2. The van der Waals surface area contributed by atoms with E-state index >= 15 is 0 Å². The largest absolute Gasteiger partial charge is 0.385 e. The molecule has 1 aliphatic rings. The lowest BCUT2D eigenvalue weighted by Crippen LogP contribution is -2.43. The van der Waals surface area contributed by atoms with Crippen molar-refractivity contribution in [3.05, 3.63) is 35.6 Å². The van der Waals surface area contributed by atoms with Crippen molar-refractivity contribution in [1.29, 1.82) is 0 Å². The maximum absolute atomic E-state index is 12.9. The second-order valence-electron chi connectivity index (χ2n) is 4.86. The number of ether oxygens (including phenoxy) is 2. The van der Waals surface area contributed by atoms with Gasteiger partial charge in [-0.15, -0.1) is 0 Å². The van der Waals surface area contributed by atoms with Crippen molar-refractivity contribution < 1.29 is 19.0 Å². The Hall–Kier alpha value is -0.970. The average Bonchev–Trinajstić information content (AvgIpc) is 2.41. The van der Waals surface area contributed by atoms with Gasteiger partial charge < -0.3 is 14.6 Å². The maximum Gasteiger partial charge on any atom is 0.167 e. The molecule has 0 aliphatic heterocycles. The molecule has 2 rings (SSSR count). The summed E-state index contributed by atoms with van der Waals surface area (Å²) in [6.45, 7) is 0. The monoisotopic (exact) mass is 254 g/mol. The zero-order valence-electron chi connectivity index (χ0n) is 10.8. The first-order valence-corrected chi connectivity index (χ1v) is 6.12. The van der Waals surface area contributed by atoms with E-state index in [-0.39, 0.29) is 5.82 Å². The fraction of sp³-hybridized carbons (Fsp3) is 0.571. The third-order valence-corrected chi connectivity index (χ3v) is 3.96. The van der Waals surface area contributed by atoms with Gasteiger partial charge in [-0.3, -0.25) is 0 Å². The molecule has 0 atom stereocenters. The SMILES string of the molecule is COC1(OC)CCC(O)(c2ccc(F)cc2)CC1. The topological polar surface area (TPSA) is 38.7 Å². The molecule has 0 saturated heterocycles. The van der Waals surface area contributed by atoms with E-state index in [4.69, 9.17) is 9.47 Å². The fourth-order valence-corrected chi connectivity index (χ4v) is 2.58. The number of methoxy groups -OCH3 is 2. The highest BCUT2D eigenvalue weighted by Crippen LogP contribution is 2.42. The summed E-state index contributed by atoms with van der Waals surface area (Å²) >= 11 is 0. The Morgan fingerprint density at radius 1 is 1.00 bits per heavy atom. The van der Waals surface area contributed by atoms with Crippen LogP contribution in [0.15, 0.2) is 24.3 Å². The van der Waals surface area contributed by atoms with Gasteiger partial charge in [0.1, 0.15) is 5.82 Å². The number of hydrogen-bond acceptors (Lipinski definition) is 3. The van der Waals surface area contributed by atoms with Gasteiger partial charge >= 0.3 is 0 Å². The lowest BCUT2D eigenvalue weighted by Gasteiger charge is -2.42. The van der Waals surface area contributed by atoms with Gasteiger partial charge in [0.05, 0.1) is 5.60 Å². The van der Waals surface area contributed by atoms with Crippen LogP contribution in [0.25, 0.3) is 0 Å². The average molecular weight is 254 g/mol. The van der Waals surface area contributed by atoms with Gasteiger partial charge in [0.25, 0.3) is 0 Å². The molecule has 3 nitrogen and oxygen atoms in total. The zero-order valence-corrected chi connectivity index (χ0v) is 10.8. The molecule has 0 unspecified atom stereocenters. The highest BCUT2D eigenvalue weighted by atomic mass is 19.1. The third kappa shape index (κ3) is 2.41. The molecule has 0 radical (unpaired) electrons. The molecule has 1 aliphatic carbocycles. The summed E-state index contributed by atoms with van der Waals surface area (Å²) in [7, 11) is 3.23. The number of aliphatic hydroxyl groups is 1. The van der Waals surface area contributed by atoms with E-state index in [1.165, 1.54) is 12.1 Å². The molecule has 1 aromatic rings. The standard InChI is InChI=1S/C14H19FO3/c1-17-14(18-2)9-7-13(16,8-10-14)11-3-5-12(15)6-4-11/h3-6,16H,7-10H2,1-2H3. The summed E-state index contributed by atoms with van der Waals surface area (Å²) in [6, 6.07) is 6.04. The third-order valence-electron chi connectivity index (χ3n) is 3.96. The summed E-state index contributed by atoms with van der Waals surface area (Å²) in [5, 5.41) is 10.6. The molecular weight excluding hydrogens is 235 g/mol. The predicted molar refractivity (Wildman–Crippen MR) is 65.5 cm³/mol. The number of rotatable bonds is 3. The number of hydrogen-bond donors (Lipinski definition) is 1. The molecule has 4 heteroatoms. The van der Waals surface area contributed by atoms with Crippen LogP contribution in [0, 0.1) is 5.82 Å². The Morgan fingerprint density at radius 2 is 1.50 bits per heavy atom. The van der Waals surface area contributed by atoms with Gasteiger partial charge in [-0.2, -0.15) is 0 Å². The maximum atomic E-state index is 12.9. The van der Waals surface area contributed by atoms with Crippen molar-refractivity contribution in [2.75, 3.05) is 14.2 Å². The lowest BCUT2D eigenvalue weighted by molar-refractivity contribution is -0.243. The molecule has 100 valence electrons. The minimum Gasteiger partial charge on any atom is -0.385 e.